The molecule has 1 heterocycles. The lowest BCUT2D eigenvalue weighted by Crippen LogP contribution is -2.60. The van der Waals surface area contributed by atoms with Crippen LogP contribution < -0.4 is 5.32 Å². The van der Waals surface area contributed by atoms with Crippen LogP contribution in [0.1, 0.15) is 406 Å². The Kier molecular flexibility index (Phi) is 67.1. The molecule has 0 aromatic rings. The molecule has 0 spiro atoms. The van der Waals surface area contributed by atoms with E-state index in [0.29, 0.717) is 19.4 Å². The van der Waals surface area contributed by atoms with Crippen LogP contribution in [0.2, 0.25) is 0 Å². The van der Waals surface area contributed by atoms with Crippen molar-refractivity contribution in [2.45, 2.75) is 448 Å². The van der Waals surface area contributed by atoms with Crippen molar-refractivity contribution in [3.05, 3.63) is 36.5 Å². The largest absolute Gasteiger partial charge is 0.466 e. The number of allylic oxidation sites excluding steroid dienone is 5. The third kappa shape index (κ3) is 58.1. The molecule has 0 saturated carbocycles. The Labute approximate surface area is 568 Å². The van der Waals surface area contributed by atoms with Crippen molar-refractivity contribution < 1.29 is 49.3 Å². The minimum atomic E-state index is -1.57. The van der Waals surface area contributed by atoms with Crippen molar-refractivity contribution in [3.63, 3.8) is 0 Å². The summed E-state index contributed by atoms with van der Waals surface area (Å²) >= 11 is 0. The molecule has 92 heavy (non-hydrogen) atoms. The van der Waals surface area contributed by atoms with Gasteiger partial charge in [-0.3, -0.25) is 9.59 Å². The Balaban J connectivity index is 1.86. The van der Waals surface area contributed by atoms with Crippen molar-refractivity contribution >= 4 is 11.9 Å². The highest BCUT2D eigenvalue weighted by atomic mass is 16.7. The van der Waals surface area contributed by atoms with Gasteiger partial charge in [-0.25, -0.2) is 0 Å². The lowest BCUT2D eigenvalue weighted by Gasteiger charge is -2.40. The maximum Gasteiger partial charge on any atom is 0.305 e. The van der Waals surface area contributed by atoms with Gasteiger partial charge >= 0.3 is 5.97 Å². The van der Waals surface area contributed by atoms with Crippen molar-refractivity contribution in [2.75, 3.05) is 19.8 Å². The van der Waals surface area contributed by atoms with Crippen molar-refractivity contribution in [1.82, 2.24) is 5.32 Å². The number of rotatable bonds is 72. The maximum atomic E-state index is 13.0. The first kappa shape index (κ1) is 87.9. The number of amides is 1. The van der Waals surface area contributed by atoms with Gasteiger partial charge in [0.25, 0.3) is 0 Å². The lowest BCUT2D eigenvalue weighted by atomic mass is 9.99. The molecule has 1 fully saturated rings. The molecule has 11 heteroatoms. The van der Waals surface area contributed by atoms with Gasteiger partial charge in [-0.05, 0) is 83.5 Å². The first-order chi connectivity index (χ1) is 45.2. The summed E-state index contributed by atoms with van der Waals surface area (Å²) in [6.45, 7) is 4.37. The Morgan fingerprint density at radius 3 is 1.04 bits per heavy atom. The SMILES string of the molecule is CCCCCCCC/C=C\CCCCCCCCCC(=O)OCCCCCCCCCCCCCCCCCC/C=C\CCCCCCCCCCCCCCCCCCCC(=O)NC(COC1OC(CO)C(O)C(O)C1O)C(O)/C=C/CCCCCCCCCC. The Morgan fingerprint density at radius 2 is 0.696 bits per heavy atom. The summed E-state index contributed by atoms with van der Waals surface area (Å²) in [5.41, 5.74) is 0. The molecule has 542 valence electrons. The highest BCUT2D eigenvalue weighted by molar-refractivity contribution is 5.76. The molecule has 6 N–H and O–H groups in total. The van der Waals surface area contributed by atoms with Crippen LogP contribution in [0.15, 0.2) is 36.5 Å². The molecule has 7 atom stereocenters. The van der Waals surface area contributed by atoms with Crippen LogP contribution in [0.25, 0.3) is 0 Å². The Hall–Kier alpha value is -2.12. The van der Waals surface area contributed by atoms with Gasteiger partial charge < -0.3 is 45.1 Å². The fourth-order valence-electron chi connectivity index (χ4n) is 12.9. The normalized spacial score (nSPS) is 17.7. The predicted molar refractivity (Wildman–Crippen MR) is 389 cm³/mol. The topological polar surface area (TPSA) is 175 Å². The number of esters is 1. The van der Waals surface area contributed by atoms with E-state index in [2.05, 4.69) is 43.5 Å². The van der Waals surface area contributed by atoms with Crippen LogP contribution in [0, 0.1) is 0 Å². The maximum absolute atomic E-state index is 13.0. The van der Waals surface area contributed by atoms with Crippen molar-refractivity contribution in [3.8, 4) is 0 Å². The number of ether oxygens (including phenoxy) is 3. The fraction of sp³-hybridized carbons (Fsp3) is 0.901. The Bertz CT molecular complexity index is 1620. The van der Waals surface area contributed by atoms with Gasteiger partial charge in [0.2, 0.25) is 5.91 Å². The van der Waals surface area contributed by atoms with E-state index in [1.54, 1.807) is 6.08 Å². The number of nitrogens with one attached hydrogen (secondary N) is 1. The molecule has 1 aliphatic heterocycles. The Morgan fingerprint density at radius 1 is 0.391 bits per heavy atom. The minimum Gasteiger partial charge on any atom is -0.466 e. The van der Waals surface area contributed by atoms with Gasteiger partial charge in [0.15, 0.2) is 6.29 Å². The first-order valence-electron chi connectivity index (χ1n) is 40.3. The van der Waals surface area contributed by atoms with Gasteiger partial charge in [-0.15, -0.1) is 0 Å². The summed E-state index contributed by atoms with van der Waals surface area (Å²) in [6.07, 6.45) is 81.9. The third-order valence-corrected chi connectivity index (χ3v) is 19.2. The zero-order chi connectivity index (χ0) is 66.5. The highest BCUT2D eigenvalue weighted by Gasteiger charge is 2.44. The first-order valence-corrected chi connectivity index (χ1v) is 40.3. The van der Waals surface area contributed by atoms with E-state index in [4.69, 9.17) is 14.2 Å². The van der Waals surface area contributed by atoms with Crippen molar-refractivity contribution in [1.29, 1.82) is 0 Å². The van der Waals surface area contributed by atoms with Gasteiger partial charge in [-0.1, -0.05) is 346 Å². The van der Waals surface area contributed by atoms with Gasteiger partial charge in [0.05, 0.1) is 32.0 Å². The summed E-state index contributed by atoms with van der Waals surface area (Å²) in [5, 5.41) is 54.4. The summed E-state index contributed by atoms with van der Waals surface area (Å²) in [5.74, 6) is -0.165. The van der Waals surface area contributed by atoms with E-state index in [1.165, 1.54) is 321 Å². The average Bonchev–Trinajstić information content (AvgIpc) is 0.954. The molecule has 1 aliphatic rings. The smallest absolute Gasteiger partial charge is 0.305 e. The third-order valence-electron chi connectivity index (χ3n) is 19.2. The summed E-state index contributed by atoms with van der Waals surface area (Å²) in [7, 11) is 0. The molecule has 1 saturated heterocycles. The molecule has 11 nitrogen and oxygen atoms in total. The average molecular weight is 1300 g/mol. The number of hydrogen-bond acceptors (Lipinski definition) is 10. The van der Waals surface area contributed by atoms with E-state index >= 15 is 0 Å². The number of aliphatic hydroxyl groups excluding tert-OH is 5. The summed E-state index contributed by atoms with van der Waals surface area (Å²) in [6, 6.07) is -0.806. The van der Waals surface area contributed by atoms with Gasteiger partial charge in [-0.2, -0.15) is 0 Å². The predicted octanol–water partition coefficient (Wildman–Crippen LogP) is 21.7. The monoisotopic (exact) mass is 1300 g/mol. The molecular weight excluding hydrogens is 1150 g/mol. The number of carbonyl (C=O) groups excluding carboxylic acids is 2. The van der Waals surface area contributed by atoms with Gasteiger partial charge in [0.1, 0.15) is 24.4 Å². The van der Waals surface area contributed by atoms with Crippen LogP contribution in [0.5, 0.6) is 0 Å². The van der Waals surface area contributed by atoms with Crippen LogP contribution in [0.3, 0.4) is 0 Å². The van der Waals surface area contributed by atoms with Crippen LogP contribution in [-0.4, -0.2) is 100 Å². The number of hydrogen-bond donors (Lipinski definition) is 6. The number of unbranched alkanes of at least 4 members (excludes halogenated alkanes) is 54. The molecule has 0 radical (unpaired) electrons. The zero-order valence-corrected chi connectivity index (χ0v) is 60.5. The van der Waals surface area contributed by atoms with E-state index < -0.39 is 49.5 Å². The molecule has 0 aromatic heterocycles. The zero-order valence-electron chi connectivity index (χ0n) is 60.5. The molecule has 0 aliphatic carbocycles. The standard InChI is InChI=1S/C81H153NO10/c1-3-5-7-9-11-13-15-16-17-39-43-46-49-53-57-61-65-69-77(86)90-70-66-62-58-54-50-47-44-41-38-36-34-32-30-28-26-24-22-20-18-19-21-23-25-27-29-31-33-35-37-40-42-45-48-52-56-60-64-68-76(85)82-73(72-91-81-80(89)79(88)78(87)75(71-83)92-81)74(84)67-63-59-55-51-14-12-10-8-6-4-2/h16-18,20,63,67,73-75,78-81,83-84,87-89H,3-15,19,21-62,64-66,68-72H2,1-2H3,(H,82,85)/b17-16-,20-18-,67-63+. The van der Waals surface area contributed by atoms with E-state index in [1.807, 2.05) is 6.08 Å². The summed E-state index contributed by atoms with van der Waals surface area (Å²) in [4.78, 5) is 25.2. The minimum absolute atomic E-state index is 0.0126. The molecule has 7 unspecified atom stereocenters. The van der Waals surface area contributed by atoms with E-state index in [9.17, 15) is 35.1 Å². The molecule has 0 bridgehead atoms. The molecule has 1 rings (SSSR count). The van der Waals surface area contributed by atoms with Crippen LogP contribution in [-0.2, 0) is 23.8 Å². The van der Waals surface area contributed by atoms with E-state index in [-0.39, 0.29) is 18.5 Å². The number of aliphatic hydroxyl groups is 5. The fourth-order valence-corrected chi connectivity index (χ4v) is 12.9. The summed E-state index contributed by atoms with van der Waals surface area (Å²) < 4.78 is 16.8. The second kappa shape index (κ2) is 70.2. The lowest BCUT2D eigenvalue weighted by molar-refractivity contribution is -0.302. The number of carbonyl (C=O) groups is 2. The molecule has 1 amide bonds. The second-order valence-electron chi connectivity index (χ2n) is 28.1. The molecule has 0 aromatic carbocycles. The van der Waals surface area contributed by atoms with Crippen LogP contribution >= 0.6 is 0 Å². The second-order valence-corrected chi connectivity index (χ2v) is 28.1. The highest BCUT2D eigenvalue weighted by Crippen LogP contribution is 2.24. The quantitative estimate of drug-likeness (QED) is 0.0195. The van der Waals surface area contributed by atoms with Crippen LogP contribution in [0.4, 0.5) is 0 Å². The van der Waals surface area contributed by atoms with Crippen molar-refractivity contribution in [2.24, 2.45) is 0 Å². The van der Waals surface area contributed by atoms with E-state index in [0.717, 1.165) is 57.8 Å². The molecular formula is C81H153NO10. The van der Waals surface area contributed by atoms with Gasteiger partial charge in [0, 0.05) is 12.8 Å².